The lowest BCUT2D eigenvalue weighted by Crippen LogP contribution is -2.12. The topological polar surface area (TPSA) is 70.9 Å². The van der Waals surface area contributed by atoms with Crippen molar-refractivity contribution >= 4 is 23.4 Å². The molecule has 5 nitrogen and oxygen atoms in total. The smallest absolute Gasteiger partial charge is 0.343 e. The largest absolute Gasteiger partial charge is 0.392 e. The Balaban J connectivity index is 2.38. The Morgan fingerprint density at radius 3 is 2.94 bits per heavy atom. The summed E-state index contributed by atoms with van der Waals surface area (Å²) in [5.41, 5.74) is 0.468. The Labute approximate surface area is 106 Å². The summed E-state index contributed by atoms with van der Waals surface area (Å²) in [7, 11) is 1.62. The Morgan fingerprint density at radius 2 is 2.35 bits per heavy atom. The minimum Gasteiger partial charge on any atom is -0.392 e. The summed E-state index contributed by atoms with van der Waals surface area (Å²) in [6.45, 7) is -0.0854. The number of rotatable bonds is 3. The fourth-order valence-electron chi connectivity index (χ4n) is 1.28. The molecule has 1 aromatic carbocycles. The quantitative estimate of drug-likeness (QED) is 0.885. The van der Waals surface area contributed by atoms with E-state index in [1.807, 2.05) is 0 Å². The van der Waals surface area contributed by atoms with E-state index in [0.29, 0.717) is 10.2 Å². The number of hydrogen-bond donors (Lipinski definition) is 2. The van der Waals surface area contributed by atoms with Gasteiger partial charge in [0.2, 0.25) is 0 Å². The van der Waals surface area contributed by atoms with Crippen LogP contribution in [0.25, 0.3) is 0 Å². The van der Waals surface area contributed by atoms with E-state index < -0.39 is 0 Å². The molecule has 0 saturated carbocycles. The Morgan fingerprint density at radius 1 is 1.59 bits per heavy atom. The van der Waals surface area contributed by atoms with Gasteiger partial charge in [-0.2, -0.15) is 0 Å². The second-order valence-electron chi connectivity index (χ2n) is 3.38. The van der Waals surface area contributed by atoms with Gasteiger partial charge in [0.05, 0.1) is 6.61 Å². The number of aromatic nitrogens is 3. The molecular weight excluding hydrogens is 262 g/mol. The first-order valence-electron chi connectivity index (χ1n) is 4.80. The van der Waals surface area contributed by atoms with Crippen molar-refractivity contribution in [1.29, 1.82) is 0 Å². The molecular formula is C10H10ClN3O2S. The van der Waals surface area contributed by atoms with Gasteiger partial charge in [-0.3, -0.25) is 4.57 Å². The van der Waals surface area contributed by atoms with E-state index in [2.05, 4.69) is 10.2 Å². The molecule has 0 radical (unpaired) electrons. The lowest BCUT2D eigenvalue weighted by molar-refractivity contribution is 0.279. The van der Waals surface area contributed by atoms with Gasteiger partial charge >= 0.3 is 5.69 Å². The second-order valence-corrected chi connectivity index (χ2v) is 4.83. The third-order valence-corrected chi connectivity index (χ3v) is 3.62. The number of nitrogens with one attached hydrogen (secondary N) is 1. The van der Waals surface area contributed by atoms with E-state index >= 15 is 0 Å². The van der Waals surface area contributed by atoms with Crippen LogP contribution in [0.1, 0.15) is 5.56 Å². The molecule has 1 heterocycles. The highest BCUT2D eigenvalue weighted by molar-refractivity contribution is 7.99. The highest BCUT2D eigenvalue weighted by Crippen LogP contribution is 2.30. The van der Waals surface area contributed by atoms with Gasteiger partial charge < -0.3 is 5.11 Å². The molecule has 0 fully saturated rings. The van der Waals surface area contributed by atoms with Gasteiger partial charge in [-0.1, -0.05) is 17.7 Å². The van der Waals surface area contributed by atoms with Gasteiger partial charge in [0, 0.05) is 17.0 Å². The molecule has 0 aliphatic rings. The first-order chi connectivity index (χ1) is 8.11. The number of H-pyrrole nitrogens is 1. The monoisotopic (exact) mass is 271 g/mol. The molecule has 0 atom stereocenters. The van der Waals surface area contributed by atoms with Crippen molar-refractivity contribution in [2.45, 2.75) is 16.7 Å². The van der Waals surface area contributed by atoms with E-state index in [1.165, 1.54) is 16.3 Å². The molecule has 0 aliphatic heterocycles. The molecule has 2 N–H and O–H groups in total. The molecule has 90 valence electrons. The third kappa shape index (κ3) is 2.54. The predicted molar refractivity (Wildman–Crippen MR) is 65.3 cm³/mol. The summed E-state index contributed by atoms with van der Waals surface area (Å²) in [5.74, 6) is 0. The first-order valence-corrected chi connectivity index (χ1v) is 6.00. The van der Waals surface area contributed by atoms with Crippen molar-refractivity contribution in [3.8, 4) is 0 Å². The fourth-order valence-corrected chi connectivity index (χ4v) is 2.47. The second kappa shape index (κ2) is 4.95. The standard InChI is InChI=1S/C10H10ClN3O2S/c1-14-9(16)12-13-10(14)17-8-4-7(11)3-2-6(8)5-15/h2-4,15H,5H2,1H3,(H,12,16). The molecule has 0 aliphatic carbocycles. The van der Waals surface area contributed by atoms with Crippen molar-refractivity contribution < 1.29 is 5.11 Å². The Bertz CT molecular complexity index is 593. The van der Waals surface area contributed by atoms with Gasteiger partial charge in [-0.15, -0.1) is 5.10 Å². The van der Waals surface area contributed by atoms with Crippen LogP contribution in [0.4, 0.5) is 0 Å². The molecule has 2 rings (SSSR count). The van der Waals surface area contributed by atoms with Crippen LogP contribution in [-0.2, 0) is 13.7 Å². The van der Waals surface area contributed by atoms with Crippen LogP contribution in [0.5, 0.6) is 0 Å². The summed E-state index contributed by atoms with van der Waals surface area (Å²) >= 11 is 7.17. The lowest BCUT2D eigenvalue weighted by Gasteiger charge is -2.06. The van der Waals surface area contributed by atoms with Crippen LogP contribution in [0, 0.1) is 0 Å². The molecule has 17 heavy (non-hydrogen) atoms. The maximum absolute atomic E-state index is 11.2. The van der Waals surface area contributed by atoms with Crippen molar-refractivity contribution in [2.24, 2.45) is 7.05 Å². The summed E-state index contributed by atoms with van der Waals surface area (Å²) < 4.78 is 1.40. The maximum Gasteiger partial charge on any atom is 0.343 e. The van der Waals surface area contributed by atoms with Crippen LogP contribution in [0.2, 0.25) is 5.02 Å². The maximum atomic E-state index is 11.2. The molecule has 7 heteroatoms. The van der Waals surface area contributed by atoms with Crippen molar-refractivity contribution in [3.05, 3.63) is 39.3 Å². The highest BCUT2D eigenvalue weighted by atomic mass is 35.5. The lowest BCUT2D eigenvalue weighted by atomic mass is 10.2. The molecule has 1 aromatic heterocycles. The molecule has 0 amide bonds. The predicted octanol–water partition coefficient (Wildman–Crippen LogP) is 1.41. The first kappa shape index (κ1) is 12.2. The van der Waals surface area contributed by atoms with Crippen LogP contribution in [0.3, 0.4) is 0 Å². The number of benzene rings is 1. The molecule has 0 saturated heterocycles. The van der Waals surface area contributed by atoms with Gasteiger partial charge in [0.1, 0.15) is 0 Å². The van der Waals surface area contributed by atoms with Gasteiger partial charge in [-0.05, 0) is 29.5 Å². The SMILES string of the molecule is Cn1c(Sc2cc(Cl)ccc2CO)n[nH]c1=O. The molecule has 0 bridgehead atoms. The van der Waals surface area contributed by atoms with Gasteiger partial charge in [0.15, 0.2) is 5.16 Å². The average molecular weight is 272 g/mol. The van der Waals surface area contributed by atoms with E-state index in [9.17, 15) is 9.90 Å². The summed E-state index contributed by atoms with van der Waals surface area (Å²) in [5, 5.41) is 16.5. The Hall–Kier alpha value is -1.24. The van der Waals surface area contributed by atoms with Crippen LogP contribution in [-0.4, -0.2) is 19.9 Å². The average Bonchev–Trinajstić information content (AvgIpc) is 2.61. The fraction of sp³-hybridized carbons (Fsp3) is 0.200. The number of aromatic amines is 1. The molecule has 0 unspecified atom stereocenters. The number of nitrogens with zero attached hydrogens (tertiary/aromatic N) is 2. The third-order valence-electron chi connectivity index (χ3n) is 2.24. The van der Waals surface area contributed by atoms with Crippen molar-refractivity contribution in [2.75, 3.05) is 0 Å². The summed E-state index contributed by atoms with van der Waals surface area (Å²) in [6.07, 6.45) is 0. The molecule has 0 spiro atoms. The summed E-state index contributed by atoms with van der Waals surface area (Å²) in [4.78, 5) is 12.0. The zero-order valence-corrected chi connectivity index (χ0v) is 10.5. The van der Waals surface area contributed by atoms with E-state index in [4.69, 9.17) is 11.6 Å². The van der Waals surface area contributed by atoms with Crippen LogP contribution < -0.4 is 5.69 Å². The van der Waals surface area contributed by atoms with E-state index in [0.717, 1.165) is 10.5 Å². The van der Waals surface area contributed by atoms with Crippen LogP contribution >= 0.6 is 23.4 Å². The number of hydrogen-bond acceptors (Lipinski definition) is 4. The van der Waals surface area contributed by atoms with E-state index in [1.54, 1.807) is 25.2 Å². The van der Waals surface area contributed by atoms with Crippen LogP contribution in [0.15, 0.2) is 33.0 Å². The van der Waals surface area contributed by atoms with E-state index in [-0.39, 0.29) is 12.3 Å². The number of aliphatic hydroxyl groups excluding tert-OH is 1. The number of aliphatic hydroxyl groups is 1. The minimum atomic E-state index is -0.278. The minimum absolute atomic E-state index is 0.0854. The Kier molecular flexibility index (Phi) is 3.56. The van der Waals surface area contributed by atoms with Crippen molar-refractivity contribution in [1.82, 2.24) is 14.8 Å². The van der Waals surface area contributed by atoms with Gasteiger partial charge in [-0.25, -0.2) is 9.89 Å². The zero-order chi connectivity index (χ0) is 12.4. The summed E-state index contributed by atoms with van der Waals surface area (Å²) in [6, 6.07) is 5.19. The normalized spacial score (nSPS) is 10.8. The van der Waals surface area contributed by atoms with Crippen molar-refractivity contribution in [3.63, 3.8) is 0 Å². The number of halogens is 1. The zero-order valence-electron chi connectivity index (χ0n) is 8.98. The molecule has 2 aromatic rings. The van der Waals surface area contributed by atoms with Gasteiger partial charge in [0.25, 0.3) is 0 Å². The highest BCUT2D eigenvalue weighted by Gasteiger charge is 2.10.